The van der Waals surface area contributed by atoms with Crippen LogP contribution in [0.1, 0.15) is 37.4 Å². The van der Waals surface area contributed by atoms with E-state index in [1.165, 1.54) is 0 Å². The van der Waals surface area contributed by atoms with Crippen LogP contribution in [0.2, 0.25) is 0 Å². The zero-order valence-electron chi connectivity index (χ0n) is 8.11. The van der Waals surface area contributed by atoms with Gasteiger partial charge in [0, 0.05) is 6.42 Å². The van der Waals surface area contributed by atoms with Gasteiger partial charge in [0.1, 0.15) is 6.10 Å². The van der Waals surface area contributed by atoms with Crippen LogP contribution in [-0.2, 0) is 9.53 Å². The number of ether oxygens (including phenoxy) is 1. The predicted octanol–water partition coefficient (Wildman–Crippen LogP) is 2.84. The Morgan fingerprint density at radius 3 is 2.71 bits per heavy atom. The van der Waals surface area contributed by atoms with Gasteiger partial charge in [-0.15, -0.1) is 0 Å². The summed E-state index contributed by atoms with van der Waals surface area (Å²) < 4.78 is 5.36. The summed E-state index contributed by atoms with van der Waals surface area (Å²) in [6.07, 6.45) is 3.54. The van der Waals surface area contributed by atoms with E-state index >= 15 is 0 Å². The molecule has 1 fully saturated rings. The quantitative estimate of drug-likeness (QED) is 0.636. The van der Waals surface area contributed by atoms with Gasteiger partial charge in [-0.1, -0.05) is 30.3 Å². The lowest BCUT2D eigenvalue weighted by Crippen LogP contribution is -2.07. The summed E-state index contributed by atoms with van der Waals surface area (Å²) in [5, 5.41) is 0. The fraction of sp³-hybridized carbons (Fsp3) is 0.417. The maximum atomic E-state index is 11.2. The minimum atomic E-state index is -0.0589. The molecule has 0 spiro atoms. The largest absolute Gasteiger partial charge is 0.457 e. The van der Waals surface area contributed by atoms with Gasteiger partial charge >= 0.3 is 5.97 Å². The van der Waals surface area contributed by atoms with Crippen molar-refractivity contribution in [3.05, 3.63) is 35.9 Å². The first-order chi connectivity index (χ1) is 6.86. The zero-order valence-corrected chi connectivity index (χ0v) is 8.11. The van der Waals surface area contributed by atoms with Crippen LogP contribution in [0.3, 0.4) is 0 Å². The third-order valence-corrected chi connectivity index (χ3v) is 2.54. The minimum absolute atomic E-state index is 0.0220. The Bertz CT molecular complexity index is 305. The smallest absolute Gasteiger partial charge is 0.306 e. The van der Waals surface area contributed by atoms with Crippen LogP contribution in [0.4, 0.5) is 0 Å². The Morgan fingerprint density at radius 1 is 1.14 bits per heavy atom. The topological polar surface area (TPSA) is 26.3 Å². The van der Waals surface area contributed by atoms with Crippen molar-refractivity contribution in [1.82, 2.24) is 0 Å². The predicted molar refractivity (Wildman–Crippen MR) is 53.7 cm³/mol. The van der Waals surface area contributed by atoms with E-state index in [1.807, 2.05) is 30.3 Å². The second-order valence-electron chi connectivity index (χ2n) is 3.63. The van der Waals surface area contributed by atoms with Crippen LogP contribution in [0.15, 0.2) is 30.3 Å². The van der Waals surface area contributed by atoms with E-state index in [0.717, 1.165) is 24.8 Å². The molecule has 0 aromatic heterocycles. The summed E-state index contributed by atoms with van der Waals surface area (Å²) in [5.41, 5.74) is 1.11. The van der Waals surface area contributed by atoms with Gasteiger partial charge in [0.05, 0.1) is 0 Å². The molecule has 0 saturated carbocycles. The van der Waals surface area contributed by atoms with Gasteiger partial charge in [-0.05, 0) is 24.8 Å². The summed E-state index contributed by atoms with van der Waals surface area (Å²) >= 11 is 0. The molecule has 0 aliphatic carbocycles. The Labute approximate surface area is 83.9 Å². The van der Waals surface area contributed by atoms with E-state index < -0.39 is 0 Å². The summed E-state index contributed by atoms with van der Waals surface area (Å²) in [5.74, 6) is -0.0589. The Balaban J connectivity index is 2.13. The standard InChI is InChI=1S/C12H14O2/c13-12-9-5-4-8-11(14-12)10-6-2-1-3-7-10/h1-3,6-7,11H,4-5,8-9H2. The molecule has 1 aromatic rings. The molecular weight excluding hydrogens is 176 g/mol. The minimum Gasteiger partial charge on any atom is -0.457 e. The van der Waals surface area contributed by atoms with Crippen LogP contribution in [-0.4, -0.2) is 5.97 Å². The normalized spacial score (nSPS) is 22.6. The van der Waals surface area contributed by atoms with Crippen LogP contribution in [0.5, 0.6) is 0 Å². The maximum absolute atomic E-state index is 11.2. The molecule has 74 valence electrons. The number of esters is 1. The van der Waals surface area contributed by atoms with Crippen molar-refractivity contribution in [2.75, 3.05) is 0 Å². The summed E-state index contributed by atoms with van der Waals surface area (Å²) in [6, 6.07) is 9.97. The molecule has 1 heterocycles. The van der Waals surface area contributed by atoms with Gasteiger partial charge in [-0.2, -0.15) is 0 Å². The first-order valence-electron chi connectivity index (χ1n) is 5.11. The van der Waals surface area contributed by atoms with Crippen LogP contribution >= 0.6 is 0 Å². The molecule has 1 saturated heterocycles. The van der Waals surface area contributed by atoms with Gasteiger partial charge < -0.3 is 4.74 Å². The highest BCUT2D eigenvalue weighted by Gasteiger charge is 2.19. The van der Waals surface area contributed by atoms with Crippen molar-refractivity contribution in [1.29, 1.82) is 0 Å². The SMILES string of the molecule is O=C1CCCCC(c2ccccc2)O1. The summed E-state index contributed by atoms with van der Waals surface area (Å²) in [6.45, 7) is 0. The molecule has 2 heteroatoms. The lowest BCUT2D eigenvalue weighted by atomic mass is 10.0. The maximum Gasteiger partial charge on any atom is 0.306 e. The van der Waals surface area contributed by atoms with Crippen molar-refractivity contribution in [2.24, 2.45) is 0 Å². The number of hydrogen-bond donors (Lipinski definition) is 0. The van der Waals surface area contributed by atoms with Gasteiger partial charge in [-0.3, -0.25) is 4.79 Å². The second-order valence-corrected chi connectivity index (χ2v) is 3.63. The molecule has 1 aromatic carbocycles. The lowest BCUT2D eigenvalue weighted by molar-refractivity contribution is -0.148. The second kappa shape index (κ2) is 4.27. The number of cyclic esters (lactones) is 1. The third-order valence-electron chi connectivity index (χ3n) is 2.54. The molecule has 2 nitrogen and oxygen atoms in total. The van der Waals surface area contributed by atoms with Gasteiger partial charge in [-0.25, -0.2) is 0 Å². The van der Waals surface area contributed by atoms with Gasteiger partial charge in [0.25, 0.3) is 0 Å². The molecule has 1 aliphatic rings. The van der Waals surface area contributed by atoms with E-state index in [-0.39, 0.29) is 12.1 Å². The zero-order chi connectivity index (χ0) is 9.80. The van der Waals surface area contributed by atoms with Crippen molar-refractivity contribution in [3.8, 4) is 0 Å². The van der Waals surface area contributed by atoms with Crippen LogP contribution in [0.25, 0.3) is 0 Å². The molecular formula is C12H14O2. The van der Waals surface area contributed by atoms with E-state index in [2.05, 4.69) is 0 Å². The molecule has 0 bridgehead atoms. The van der Waals surface area contributed by atoms with Crippen LogP contribution in [0, 0.1) is 0 Å². The third kappa shape index (κ3) is 2.13. The first-order valence-corrected chi connectivity index (χ1v) is 5.11. The fourth-order valence-electron chi connectivity index (χ4n) is 1.78. The molecule has 14 heavy (non-hydrogen) atoms. The van der Waals surface area contributed by atoms with Crippen molar-refractivity contribution in [2.45, 2.75) is 31.8 Å². The lowest BCUT2D eigenvalue weighted by Gasteiger charge is -2.14. The van der Waals surface area contributed by atoms with Gasteiger partial charge in [0.15, 0.2) is 0 Å². The molecule has 1 aliphatic heterocycles. The Morgan fingerprint density at radius 2 is 1.93 bits per heavy atom. The molecule has 0 amide bonds. The van der Waals surface area contributed by atoms with E-state index in [9.17, 15) is 4.79 Å². The molecule has 0 N–H and O–H groups in total. The average Bonchev–Trinajstić information content (AvgIpc) is 2.44. The fourth-order valence-corrected chi connectivity index (χ4v) is 1.78. The Hall–Kier alpha value is -1.31. The van der Waals surface area contributed by atoms with E-state index in [4.69, 9.17) is 4.74 Å². The molecule has 2 rings (SSSR count). The highest BCUT2D eigenvalue weighted by molar-refractivity contribution is 5.69. The Kier molecular flexibility index (Phi) is 2.82. The number of carbonyl (C=O) groups is 1. The molecule has 0 radical (unpaired) electrons. The van der Waals surface area contributed by atoms with Crippen molar-refractivity contribution in [3.63, 3.8) is 0 Å². The van der Waals surface area contributed by atoms with Crippen LogP contribution < -0.4 is 0 Å². The van der Waals surface area contributed by atoms with E-state index in [0.29, 0.717) is 6.42 Å². The number of rotatable bonds is 1. The number of benzene rings is 1. The number of carbonyl (C=O) groups excluding carboxylic acids is 1. The average molecular weight is 190 g/mol. The summed E-state index contributed by atoms with van der Waals surface area (Å²) in [7, 11) is 0. The van der Waals surface area contributed by atoms with Crippen molar-refractivity contribution >= 4 is 5.97 Å². The summed E-state index contributed by atoms with van der Waals surface area (Å²) in [4.78, 5) is 11.2. The van der Waals surface area contributed by atoms with Gasteiger partial charge in [0.2, 0.25) is 0 Å². The van der Waals surface area contributed by atoms with Crippen molar-refractivity contribution < 1.29 is 9.53 Å². The molecule has 1 unspecified atom stereocenters. The van der Waals surface area contributed by atoms with E-state index in [1.54, 1.807) is 0 Å². The number of hydrogen-bond acceptors (Lipinski definition) is 2. The highest BCUT2D eigenvalue weighted by atomic mass is 16.5. The monoisotopic (exact) mass is 190 g/mol. The first kappa shape index (κ1) is 9.25. The molecule has 1 atom stereocenters. The highest BCUT2D eigenvalue weighted by Crippen LogP contribution is 2.27.